The third-order valence-corrected chi connectivity index (χ3v) is 2.49. The molecule has 0 radical (unpaired) electrons. The molecule has 1 aromatic rings. The third kappa shape index (κ3) is 10.5. The second-order valence-corrected chi connectivity index (χ2v) is 5.14. The van der Waals surface area contributed by atoms with Crippen LogP contribution in [0.15, 0.2) is 30.3 Å². The Hall–Kier alpha value is -1.47. The number of benzene rings is 1. The maximum atomic E-state index is 11.3. The molecule has 0 amide bonds. The predicted molar refractivity (Wildman–Crippen MR) is 86.3 cm³/mol. The first-order chi connectivity index (χ1) is 9.52. The highest BCUT2D eigenvalue weighted by Crippen LogP contribution is 2.28. The minimum absolute atomic E-state index is 0.400. The summed E-state index contributed by atoms with van der Waals surface area (Å²) < 4.78 is 4.61. The van der Waals surface area contributed by atoms with Crippen LogP contribution in [-0.2, 0) is 9.53 Å². The first kappa shape index (κ1) is 20.8. The van der Waals surface area contributed by atoms with Gasteiger partial charge in [0.15, 0.2) is 0 Å². The zero-order valence-corrected chi connectivity index (χ0v) is 14.0. The first-order valence-corrected chi connectivity index (χ1v) is 7.58. The second kappa shape index (κ2) is 14.0. The normalized spacial score (nSPS) is 10.1. The summed E-state index contributed by atoms with van der Waals surface area (Å²) in [6.07, 6.45) is 0. The number of carbonyl (C=O) groups is 1. The van der Waals surface area contributed by atoms with Gasteiger partial charge in [-0.3, -0.25) is 4.79 Å². The van der Waals surface area contributed by atoms with Gasteiger partial charge in [-0.05, 0) is 23.2 Å². The highest BCUT2D eigenvalue weighted by atomic mass is 32.2. The van der Waals surface area contributed by atoms with E-state index >= 15 is 0 Å². The number of methoxy groups -OCH3 is 1. The molecular formula is C16H25NO2S. The lowest BCUT2D eigenvalue weighted by Gasteiger charge is -2.09. The number of carbonyl (C=O) groups excluding carboxylic acids is 1. The lowest BCUT2D eigenvalue weighted by atomic mass is 10.1. The molecule has 1 atom stereocenters. The number of ether oxygens (including phenoxy) is 1. The van der Waals surface area contributed by atoms with E-state index in [0.29, 0.717) is 0 Å². The Kier molecular flexibility index (Phi) is 14.5. The molecule has 112 valence electrons. The molecular weight excluding hydrogens is 270 g/mol. The van der Waals surface area contributed by atoms with Crippen molar-refractivity contribution in [3.05, 3.63) is 35.9 Å². The van der Waals surface area contributed by atoms with Crippen LogP contribution in [0.5, 0.6) is 0 Å². The Morgan fingerprint density at radius 3 is 2.00 bits per heavy atom. The highest BCUT2D eigenvalue weighted by Gasteiger charge is 2.21. The van der Waals surface area contributed by atoms with Crippen LogP contribution >= 0.6 is 11.8 Å². The summed E-state index contributed by atoms with van der Waals surface area (Å²) >= 11 is 0.893. The molecule has 20 heavy (non-hydrogen) atoms. The van der Waals surface area contributed by atoms with Gasteiger partial charge >= 0.3 is 5.97 Å². The minimum atomic E-state index is -0.550. The van der Waals surface area contributed by atoms with Crippen LogP contribution in [-0.4, -0.2) is 13.1 Å². The highest BCUT2D eigenvalue weighted by molar-refractivity contribution is 8.04. The average molecular weight is 295 g/mol. The van der Waals surface area contributed by atoms with E-state index in [1.807, 2.05) is 37.4 Å². The summed E-state index contributed by atoms with van der Waals surface area (Å²) in [6, 6.07) is 9.10. The summed E-state index contributed by atoms with van der Waals surface area (Å²) in [4.78, 5) is 11.3. The van der Waals surface area contributed by atoms with Crippen LogP contribution in [0.3, 0.4) is 0 Å². The van der Waals surface area contributed by atoms with E-state index in [1.165, 1.54) is 7.11 Å². The summed E-state index contributed by atoms with van der Waals surface area (Å²) in [7, 11) is 1.32. The number of nitriles is 1. The molecule has 0 fully saturated rings. The van der Waals surface area contributed by atoms with Crippen LogP contribution in [0.25, 0.3) is 0 Å². The molecule has 0 aliphatic carbocycles. The SMILES string of the molecule is CC.CC(C)C.COC(=O)C(SC#N)c1ccccc1. The van der Waals surface area contributed by atoms with Crippen molar-refractivity contribution in [2.75, 3.05) is 7.11 Å². The molecule has 0 bridgehead atoms. The van der Waals surface area contributed by atoms with Gasteiger partial charge in [0.2, 0.25) is 0 Å². The third-order valence-electron chi connectivity index (χ3n) is 1.69. The predicted octanol–water partition coefficient (Wildman–Crippen LogP) is 4.80. The molecule has 0 aliphatic rings. The van der Waals surface area contributed by atoms with Gasteiger partial charge in [-0.2, -0.15) is 5.26 Å². The number of thioether (sulfide) groups is 1. The molecule has 1 aromatic carbocycles. The van der Waals surface area contributed by atoms with Crippen LogP contribution < -0.4 is 0 Å². The van der Waals surface area contributed by atoms with Crippen molar-refractivity contribution in [3.63, 3.8) is 0 Å². The number of hydrogen-bond acceptors (Lipinski definition) is 4. The van der Waals surface area contributed by atoms with Crippen molar-refractivity contribution < 1.29 is 9.53 Å². The summed E-state index contributed by atoms with van der Waals surface area (Å²) in [5.74, 6) is 0.433. The average Bonchev–Trinajstić information content (AvgIpc) is 2.46. The number of nitrogens with zero attached hydrogens (tertiary/aromatic N) is 1. The summed E-state index contributed by atoms with van der Waals surface area (Å²) in [6.45, 7) is 10.5. The number of esters is 1. The maximum Gasteiger partial charge on any atom is 0.324 e. The topological polar surface area (TPSA) is 50.1 Å². The number of rotatable bonds is 3. The summed E-state index contributed by atoms with van der Waals surface area (Å²) in [5, 5.41) is 9.90. The Bertz CT molecular complexity index is 382. The van der Waals surface area contributed by atoms with Gasteiger partial charge in [-0.15, -0.1) is 0 Å². The van der Waals surface area contributed by atoms with Gasteiger partial charge in [-0.1, -0.05) is 65.0 Å². The Morgan fingerprint density at radius 2 is 1.65 bits per heavy atom. The molecule has 0 aromatic heterocycles. The number of thiocyanates is 1. The van der Waals surface area contributed by atoms with Gasteiger partial charge in [0.25, 0.3) is 0 Å². The quantitative estimate of drug-likeness (QED) is 0.593. The molecule has 0 heterocycles. The standard InChI is InChI=1S/C10H9NO2S.C4H10.C2H6/c1-13-10(12)9(14-7-11)8-5-3-2-4-6-8;1-4(2)3;1-2/h2-6,9H,1H3;4H,1-3H3;1-2H3. The van der Waals surface area contributed by atoms with Crippen LogP contribution in [0.2, 0.25) is 0 Å². The van der Waals surface area contributed by atoms with E-state index in [4.69, 9.17) is 5.26 Å². The molecule has 0 spiro atoms. The zero-order chi connectivity index (χ0) is 16.0. The Balaban J connectivity index is 0. The molecule has 1 unspecified atom stereocenters. The van der Waals surface area contributed by atoms with E-state index in [2.05, 4.69) is 25.5 Å². The molecule has 0 saturated heterocycles. The molecule has 0 saturated carbocycles. The van der Waals surface area contributed by atoms with Gasteiger partial charge in [0.1, 0.15) is 10.7 Å². The van der Waals surface area contributed by atoms with Gasteiger partial charge < -0.3 is 4.74 Å². The van der Waals surface area contributed by atoms with Crippen molar-refractivity contribution in [1.29, 1.82) is 5.26 Å². The van der Waals surface area contributed by atoms with Gasteiger partial charge in [-0.25, -0.2) is 0 Å². The van der Waals surface area contributed by atoms with Crippen molar-refractivity contribution in [1.82, 2.24) is 0 Å². The van der Waals surface area contributed by atoms with E-state index in [1.54, 1.807) is 12.1 Å². The molecule has 0 N–H and O–H groups in total. The van der Waals surface area contributed by atoms with Gasteiger partial charge in [0, 0.05) is 0 Å². The Labute approximate surface area is 127 Å². The fraction of sp³-hybridized carbons (Fsp3) is 0.500. The lowest BCUT2D eigenvalue weighted by molar-refractivity contribution is -0.140. The fourth-order valence-electron chi connectivity index (χ4n) is 1.04. The van der Waals surface area contributed by atoms with E-state index in [0.717, 1.165) is 23.2 Å². The fourth-order valence-corrected chi connectivity index (χ4v) is 1.63. The first-order valence-electron chi connectivity index (χ1n) is 6.70. The zero-order valence-electron chi connectivity index (χ0n) is 13.2. The van der Waals surface area contributed by atoms with Crippen LogP contribution in [0.1, 0.15) is 45.4 Å². The van der Waals surface area contributed by atoms with E-state index in [-0.39, 0.29) is 0 Å². The van der Waals surface area contributed by atoms with E-state index in [9.17, 15) is 4.79 Å². The molecule has 0 aliphatic heterocycles. The largest absolute Gasteiger partial charge is 0.468 e. The Morgan fingerprint density at radius 1 is 1.20 bits per heavy atom. The van der Waals surface area contributed by atoms with Crippen molar-refractivity contribution >= 4 is 17.7 Å². The van der Waals surface area contributed by atoms with Crippen LogP contribution in [0, 0.1) is 16.6 Å². The van der Waals surface area contributed by atoms with Crippen molar-refractivity contribution in [2.24, 2.45) is 5.92 Å². The van der Waals surface area contributed by atoms with E-state index < -0.39 is 11.2 Å². The van der Waals surface area contributed by atoms with Crippen LogP contribution in [0.4, 0.5) is 0 Å². The smallest absolute Gasteiger partial charge is 0.324 e. The summed E-state index contributed by atoms with van der Waals surface area (Å²) in [5.41, 5.74) is 0.783. The second-order valence-electron chi connectivity index (χ2n) is 4.26. The van der Waals surface area contributed by atoms with Crippen molar-refractivity contribution in [3.8, 4) is 5.40 Å². The van der Waals surface area contributed by atoms with Crippen molar-refractivity contribution in [2.45, 2.75) is 39.9 Å². The maximum absolute atomic E-state index is 11.3. The number of hydrogen-bond donors (Lipinski definition) is 0. The van der Waals surface area contributed by atoms with Gasteiger partial charge in [0.05, 0.1) is 7.11 Å². The minimum Gasteiger partial charge on any atom is -0.468 e. The molecule has 1 rings (SSSR count). The lowest BCUT2D eigenvalue weighted by Crippen LogP contribution is -2.10. The molecule has 4 heteroatoms. The molecule has 3 nitrogen and oxygen atoms in total. The monoisotopic (exact) mass is 295 g/mol.